The highest BCUT2D eigenvalue weighted by Gasteiger charge is 2.23. The monoisotopic (exact) mass is 268 g/mol. The van der Waals surface area contributed by atoms with Gasteiger partial charge in [0, 0.05) is 31.4 Å². The van der Waals surface area contributed by atoms with Crippen molar-refractivity contribution in [3.63, 3.8) is 0 Å². The van der Waals surface area contributed by atoms with Crippen LogP contribution in [0.3, 0.4) is 0 Å². The van der Waals surface area contributed by atoms with E-state index in [4.69, 9.17) is 5.11 Å². The third-order valence-electron chi connectivity index (χ3n) is 2.70. The fraction of sp³-hybridized carbons (Fsp3) is 0.583. The number of aliphatic carboxylic acids is 1. The second kappa shape index (κ2) is 6.21. The van der Waals surface area contributed by atoms with Crippen molar-refractivity contribution < 1.29 is 14.7 Å². The van der Waals surface area contributed by atoms with E-state index in [2.05, 4.69) is 15.3 Å². The molecule has 3 N–H and O–H groups in total. The first-order valence-electron chi connectivity index (χ1n) is 6.03. The molecule has 106 valence electrons. The second-order valence-electron chi connectivity index (χ2n) is 5.10. The molecular formula is C12H20N4O3. The molecule has 0 atom stereocenters. The molecule has 7 nitrogen and oxygen atoms in total. The summed E-state index contributed by atoms with van der Waals surface area (Å²) >= 11 is 0. The van der Waals surface area contributed by atoms with Crippen LogP contribution >= 0.6 is 0 Å². The minimum absolute atomic E-state index is 0.0230. The fourth-order valence-electron chi connectivity index (χ4n) is 1.55. The highest BCUT2D eigenvalue weighted by Crippen LogP contribution is 2.12. The Hall–Kier alpha value is -2.05. The number of nitrogens with zero attached hydrogens (tertiary/aromatic N) is 2. The highest BCUT2D eigenvalue weighted by atomic mass is 16.4. The van der Waals surface area contributed by atoms with Gasteiger partial charge in [-0.1, -0.05) is 0 Å². The van der Waals surface area contributed by atoms with Crippen molar-refractivity contribution in [2.24, 2.45) is 0 Å². The molecule has 19 heavy (non-hydrogen) atoms. The van der Waals surface area contributed by atoms with Gasteiger partial charge in [0.25, 0.3) is 0 Å². The van der Waals surface area contributed by atoms with Crippen LogP contribution in [-0.2, 0) is 11.3 Å². The summed E-state index contributed by atoms with van der Waals surface area (Å²) in [4.78, 5) is 30.9. The van der Waals surface area contributed by atoms with E-state index in [1.165, 1.54) is 4.90 Å². The van der Waals surface area contributed by atoms with Gasteiger partial charge >= 0.3 is 12.0 Å². The van der Waals surface area contributed by atoms with Gasteiger partial charge in [-0.25, -0.2) is 9.78 Å². The van der Waals surface area contributed by atoms with E-state index in [1.807, 2.05) is 0 Å². The van der Waals surface area contributed by atoms with Gasteiger partial charge in [0.1, 0.15) is 5.82 Å². The number of H-pyrrole nitrogens is 1. The summed E-state index contributed by atoms with van der Waals surface area (Å²) in [5, 5.41) is 11.5. The van der Waals surface area contributed by atoms with Crippen LogP contribution in [0.15, 0.2) is 12.4 Å². The van der Waals surface area contributed by atoms with Crippen molar-refractivity contribution in [2.75, 3.05) is 7.05 Å². The number of aromatic nitrogens is 2. The van der Waals surface area contributed by atoms with Gasteiger partial charge < -0.3 is 20.3 Å². The minimum atomic E-state index is -0.869. The Balaban J connectivity index is 2.46. The lowest BCUT2D eigenvalue weighted by Crippen LogP contribution is -2.49. The molecule has 0 spiro atoms. The zero-order valence-corrected chi connectivity index (χ0v) is 11.4. The predicted octanol–water partition coefficient (Wildman–Crippen LogP) is 1.19. The maximum Gasteiger partial charge on any atom is 0.317 e. The number of aromatic amines is 1. The highest BCUT2D eigenvalue weighted by molar-refractivity contribution is 5.74. The number of rotatable bonds is 6. The van der Waals surface area contributed by atoms with E-state index in [-0.39, 0.29) is 12.5 Å². The largest absolute Gasteiger partial charge is 0.481 e. The first-order chi connectivity index (χ1) is 8.80. The molecule has 1 aromatic heterocycles. The summed E-state index contributed by atoms with van der Waals surface area (Å²) in [6.07, 6.45) is 3.72. The summed E-state index contributed by atoms with van der Waals surface area (Å²) in [5.74, 6) is -0.174. The van der Waals surface area contributed by atoms with Crippen molar-refractivity contribution in [3.8, 4) is 0 Å². The molecule has 0 bridgehead atoms. The van der Waals surface area contributed by atoms with Crippen LogP contribution < -0.4 is 5.32 Å². The zero-order valence-electron chi connectivity index (χ0n) is 11.4. The number of urea groups is 1. The van der Waals surface area contributed by atoms with E-state index < -0.39 is 11.5 Å². The Bertz CT molecular complexity index is 428. The number of amides is 2. The van der Waals surface area contributed by atoms with E-state index in [1.54, 1.807) is 33.3 Å². The Kier molecular flexibility index (Phi) is 4.91. The van der Waals surface area contributed by atoms with Crippen molar-refractivity contribution in [3.05, 3.63) is 18.2 Å². The molecule has 1 heterocycles. The lowest BCUT2D eigenvalue weighted by molar-refractivity contribution is -0.137. The Labute approximate surface area is 112 Å². The first-order valence-corrected chi connectivity index (χ1v) is 6.03. The van der Waals surface area contributed by atoms with Crippen LogP contribution in [-0.4, -0.2) is 44.6 Å². The first kappa shape index (κ1) is 15.0. The van der Waals surface area contributed by atoms with Gasteiger partial charge in [-0.15, -0.1) is 0 Å². The van der Waals surface area contributed by atoms with E-state index in [9.17, 15) is 9.59 Å². The van der Waals surface area contributed by atoms with Gasteiger partial charge in [-0.2, -0.15) is 0 Å². The fourth-order valence-corrected chi connectivity index (χ4v) is 1.55. The molecule has 0 aliphatic rings. The molecule has 0 saturated heterocycles. The molecule has 0 aliphatic carbocycles. The quantitative estimate of drug-likeness (QED) is 0.721. The van der Waals surface area contributed by atoms with E-state index in [0.29, 0.717) is 18.8 Å². The molecule has 0 fully saturated rings. The standard InChI is InChI=1S/C12H20N4O3/c1-12(2,5-4-10(17)18)15-11(19)16(3)8-9-13-6-7-14-9/h6-7H,4-5,8H2,1-3H3,(H,13,14)(H,15,19)(H,17,18). The number of imidazole rings is 1. The summed E-state index contributed by atoms with van der Waals surface area (Å²) < 4.78 is 0. The molecule has 0 radical (unpaired) electrons. The van der Waals surface area contributed by atoms with Crippen molar-refractivity contribution in [1.82, 2.24) is 20.2 Å². The smallest absolute Gasteiger partial charge is 0.317 e. The van der Waals surface area contributed by atoms with Crippen LogP contribution in [0.2, 0.25) is 0 Å². The van der Waals surface area contributed by atoms with Gasteiger partial charge in [0.15, 0.2) is 0 Å². The van der Waals surface area contributed by atoms with Gasteiger partial charge in [-0.05, 0) is 20.3 Å². The number of carbonyl (C=O) groups is 2. The summed E-state index contributed by atoms with van der Waals surface area (Å²) in [6, 6.07) is -0.258. The van der Waals surface area contributed by atoms with E-state index >= 15 is 0 Å². The maximum atomic E-state index is 12.0. The van der Waals surface area contributed by atoms with Crippen LogP contribution in [0.5, 0.6) is 0 Å². The molecule has 2 amide bonds. The summed E-state index contributed by atoms with van der Waals surface area (Å²) in [6.45, 7) is 3.97. The lowest BCUT2D eigenvalue weighted by atomic mass is 9.99. The number of carboxylic acids is 1. The summed E-state index contributed by atoms with van der Waals surface area (Å²) in [5.41, 5.74) is -0.563. The van der Waals surface area contributed by atoms with E-state index in [0.717, 1.165) is 0 Å². The molecule has 1 rings (SSSR count). The van der Waals surface area contributed by atoms with Gasteiger partial charge in [0.05, 0.1) is 6.54 Å². The van der Waals surface area contributed by atoms with Crippen molar-refractivity contribution in [1.29, 1.82) is 0 Å². The SMILES string of the molecule is CN(Cc1ncc[nH]1)C(=O)NC(C)(C)CCC(=O)O. The average molecular weight is 268 g/mol. The Morgan fingerprint density at radius 1 is 1.53 bits per heavy atom. The van der Waals surface area contributed by atoms with Gasteiger partial charge in [-0.3, -0.25) is 4.79 Å². The van der Waals surface area contributed by atoms with Crippen LogP contribution in [0.4, 0.5) is 4.79 Å². The average Bonchev–Trinajstić information content (AvgIpc) is 2.78. The van der Waals surface area contributed by atoms with Crippen LogP contribution in [0.1, 0.15) is 32.5 Å². The van der Waals surface area contributed by atoms with Crippen LogP contribution in [0.25, 0.3) is 0 Å². The maximum absolute atomic E-state index is 12.0. The molecular weight excluding hydrogens is 248 g/mol. The number of nitrogens with one attached hydrogen (secondary N) is 2. The van der Waals surface area contributed by atoms with Crippen LogP contribution in [0, 0.1) is 0 Å². The number of carboxylic acid groups (broad SMARTS) is 1. The number of carbonyl (C=O) groups excluding carboxylic acids is 1. The van der Waals surface area contributed by atoms with Crippen molar-refractivity contribution >= 4 is 12.0 Å². The third kappa shape index (κ3) is 5.41. The molecule has 0 saturated carbocycles. The van der Waals surface area contributed by atoms with Crippen molar-refractivity contribution in [2.45, 2.75) is 38.8 Å². The zero-order chi connectivity index (χ0) is 14.5. The normalized spacial score (nSPS) is 11.1. The lowest BCUT2D eigenvalue weighted by Gasteiger charge is -2.28. The number of hydrogen-bond acceptors (Lipinski definition) is 3. The predicted molar refractivity (Wildman–Crippen MR) is 69.5 cm³/mol. The molecule has 1 aromatic rings. The summed E-state index contributed by atoms with van der Waals surface area (Å²) in [7, 11) is 1.66. The molecule has 7 heteroatoms. The Morgan fingerprint density at radius 3 is 2.74 bits per heavy atom. The molecule has 0 aromatic carbocycles. The second-order valence-corrected chi connectivity index (χ2v) is 5.10. The molecule has 0 aliphatic heterocycles. The molecule has 0 unspecified atom stereocenters. The van der Waals surface area contributed by atoms with Gasteiger partial charge in [0.2, 0.25) is 0 Å². The minimum Gasteiger partial charge on any atom is -0.481 e. The third-order valence-corrected chi connectivity index (χ3v) is 2.70. The topological polar surface area (TPSA) is 98.3 Å². The Morgan fingerprint density at radius 2 is 2.21 bits per heavy atom. The number of hydrogen-bond donors (Lipinski definition) is 3.